The number of ether oxygens (including phenoxy) is 1. The van der Waals surface area contributed by atoms with Crippen molar-refractivity contribution in [1.29, 1.82) is 0 Å². The maximum absolute atomic E-state index is 11.5. The van der Waals surface area contributed by atoms with Gasteiger partial charge in [-0.1, -0.05) is 6.08 Å². The maximum Gasteiger partial charge on any atom is 0.339 e. The van der Waals surface area contributed by atoms with E-state index in [0.29, 0.717) is 17.8 Å². The van der Waals surface area contributed by atoms with Gasteiger partial charge in [0.15, 0.2) is 0 Å². The fraction of sp³-hybridized carbons (Fsp3) is 0.273. The van der Waals surface area contributed by atoms with Crippen LogP contribution in [0.5, 0.6) is 0 Å². The molecule has 0 N–H and O–H groups in total. The standard InChI is InChI=1S/C11H13NO3/c1-4-7-12-8(2)9(11(14)15-3)5-6-10(12)13/h4-6H,1,7H2,2-3H3. The molecule has 0 amide bonds. The summed E-state index contributed by atoms with van der Waals surface area (Å²) in [4.78, 5) is 22.8. The molecule has 0 unspecified atom stereocenters. The molecule has 0 saturated carbocycles. The highest BCUT2D eigenvalue weighted by Gasteiger charge is 2.12. The molecule has 0 saturated heterocycles. The average molecular weight is 207 g/mol. The van der Waals surface area contributed by atoms with E-state index >= 15 is 0 Å². The van der Waals surface area contributed by atoms with E-state index < -0.39 is 5.97 Å². The molecule has 80 valence electrons. The lowest BCUT2D eigenvalue weighted by molar-refractivity contribution is 0.0598. The molecule has 0 fully saturated rings. The Labute approximate surface area is 87.8 Å². The molecule has 0 aliphatic rings. The molecule has 1 rings (SSSR count). The molecule has 15 heavy (non-hydrogen) atoms. The first kappa shape index (κ1) is 11.2. The van der Waals surface area contributed by atoms with E-state index in [1.807, 2.05) is 0 Å². The Hall–Kier alpha value is -1.84. The van der Waals surface area contributed by atoms with E-state index in [2.05, 4.69) is 11.3 Å². The van der Waals surface area contributed by atoms with Crippen LogP contribution in [-0.2, 0) is 11.3 Å². The molecule has 0 radical (unpaired) electrons. The van der Waals surface area contributed by atoms with Gasteiger partial charge >= 0.3 is 5.97 Å². The molecule has 0 atom stereocenters. The third kappa shape index (κ3) is 2.15. The highest BCUT2D eigenvalue weighted by atomic mass is 16.5. The van der Waals surface area contributed by atoms with Gasteiger partial charge in [-0.05, 0) is 13.0 Å². The largest absolute Gasteiger partial charge is 0.465 e. The van der Waals surface area contributed by atoms with Crippen LogP contribution in [-0.4, -0.2) is 17.6 Å². The predicted molar refractivity (Wildman–Crippen MR) is 57.0 cm³/mol. The minimum atomic E-state index is -0.440. The monoisotopic (exact) mass is 207 g/mol. The summed E-state index contributed by atoms with van der Waals surface area (Å²) in [6.07, 6.45) is 1.61. The molecule has 0 bridgehead atoms. The third-order valence-corrected chi connectivity index (χ3v) is 2.17. The van der Waals surface area contributed by atoms with E-state index in [-0.39, 0.29) is 5.56 Å². The van der Waals surface area contributed by atoms with Crippen molar-refractivity contribution >= 4 is 5.97 Å². The summed E-state index contributed by atoms with van der Waals surface area (Å²) >= 11 is 0. The molecule has 4 heteroatoms. The zero-order valence-electron chi connectivity index (χ0n) is 8.82. The summed E-state index contributed by atoms with van der Waals surface area (Å²) in [5, 5.41) is 0. The van der Waals surface area contributed by atoms with Gasteiger partial charge in [0.25, 0.3) is 5.56 Å². The van der Waals surface area contributed by atoms with Crippen LogP contribution in [0.15, 0.2) is 29.6 Å². The van der Waals surface area contributed by atoms with Gasteiger partial charge in [-0.3, -0.25) is 4.79 Å². The highest BCUT2D eigenvalue weighted by molar-refractivity contribution is 5.90. The predicted octanol–water partition coefficient (Wildman–Crippen LogP) is 1.13. The molecule has 0 aromatic carbocycles. The Bertz CT molecular complexity index is 446. The Morgan fingerprint density at radius 3 is 2.80 bits per heavy atom. The fourth-order valence-corrected chi connectivity index (χ4v) is 1.36. The minimum absolute atomic E-state index is 0.153. The van der Waals surface area contributed by atoms with E-state index in [4.69, 9.17) is 0 Å². The molecular weight excluding hydrogens is 194 g/mol. The first-order chi connectivity index (χ1) is 7.11. The smallest absolute Gasteiger partial charge is 0.339 e. The maximum atomic E-state index is 11.5. The Morgan fingerprint density at radius 2 is 2.27 bits per heavy atom. The number of carbonyl (C=O) groups excluding carboxylic acids is 1. The van der Waals surface area contributed by atoms with Crippen LogP contribution >= 0.6 is 0 Å². The second-order valence-corrected chi connectivity index (χ2v) is 3.06. The van der Waals surface area contributed by atoms with Gasteiger partial charge in [-0.25, -0.2) is 4.79 Å². The van der Waals surface area contributed by atoms with Gasteiger partial charge in [0.05, 0.1) is 12.7 Å². The molecule has 1 aromatic rings. The lowest BCUT2D eigenvalue weighted by Crippen LogP contribution is -2.23. The van der Waals surface area contributed by atoms with Crippen LogP contribution in [0.4, 0.5) is 0 Å². The summed E-state index contributed by atoms with van der Waals surface area (Å²) in [5.41, 5.74) is 0.841. The number of methoxy groups -OCH3 is 1. The van der Waals surface area contributed by atoms with Crippen LogP contribution in [0, 0.1) is 6.92 Å². The van der Waals surface area contributed by atoms with E-state index in [0.717, 1.165) is 0 Å². The second-order valence-electron chi connectivity index (χ2n) is 3.06. The van der Waals surface area contributed by atoms with E-state index in [1.165, 1.54) is 23.8 Å². The lowest BCUT2D eigenvalue weighted by Gasteiger charge is -2.10. The number of pyridine rings is 1. The zero-order valence-corrected chi connectivity index (χ0v) is 8.82. The summed E-state index contributed by atoms with van der Waals surface area (Å²) in [7, 11) is 1.31. The van der Waals surface area contributed by atoms with Crippen LogP contribution in [0.3, 0.4) is 0 Å². The molecule has 1 aromatic heterocycles. The normalized spacial score (nSPS) is 9.73. The fourth-order valence-electron chi connectivity index (χ4n) is 1.36. The van der Waals surface area contributed by atoms with Gasteiger partial charge in [0.1, 0.15) is 0 Å². The summed E-state index contributed by atoms with van der Waals surface area (Å²) in [5.74, 6) is -0.440. The zero-order chi connectivity index (χ0) is 11.4. The first-order valence-corrected chi connectivity index (χ1v) is 4.51. The second kappa shape index (κ2) is 4.59. The Kier molecular flexibility index (Phi) is 3.44. The number of aromatic nitrogens is 1. The molecule has 1 heterocycles. The number of hydrogen-bond acceptors (Lipinski definition) is 3. The van der Waals surface area contributed by atoms with Crippen LogP contribution < -0.4 is 5.56 Å². The molecule has 4 nitrogen and oxygen atoms in total. The van der Waals surface area contributed by atoms with Gasteiger partial charge in [0, 0.05) is 18.3 Å². The van der Waals surface area contributed by atoms with Crippen molar-refractivity contribution < 1.29 is 9.53 Å². The number of nitrogens with zero attached hydrogens (tertiary/aromatic N) is 1. The highest BCUT2D eigenvalue weighted by Crippen LogP contribution is 2.06. The van der Waals surface area contributed by atoms with Crippen molar-refractivity contribution in [1.82, 2.24) is 4.57 Å². The number of carbonyl (C=O) groups is 1. The number of esters is 1. The van der Waals surface area contributed by atoms with Crippen LogP contribution in [0.25, 0.3) is 0 Å². The summed E-state index contributed by atoms with van der Waals surface area (Å²) in [6, 6.07) is 2.83. The summed E-state index contributed by atoms with van der Waals surface area (Å²) in [6.45, 7) is 5.65. The topological polar surface area (TPSA) is 48.3 Å². The molecular formula is C11H13NO3. The van der Waals surface area contributed by atoms with Gasteiger partial charge < -0.3 is 9.30 Å². The van der Waals surface area contributed by atoms with Crippen molar-refractivity contribution in [2.75, 3.05) is 7.11 Å². The van der Waals surface area contributed by atoms with Crippen molar-refractivity contribution in [3.63, 3.8) is 0 Å². The van der Waals surface area contributed by atoms with Gasteiger partial charge in [0.2, 0.25) is 0 Å². The SMILES string of the molecule is C=CCn1c(C)c(C(=O)OC)ccc1=O. The van der Waals surface area contributed by atoms with Gasteiger partial charge in [-0.15, -0.1) is 6.58 Å². The first-order valence-electron chi connectivity index (χ1n) is 4.51. The van der Waals surface area contributed by atoms with E-state index in [9.17, 15) is 9.59 Å². The number of rotatable bonds is 3. The summed E-state index contributed by atoms with van der Waals surface area (Å²) < 4.78 is 6.08. The Morgan fingerprint density at radius 1 is 1.60 bits per heavy atom. The molecule has 0 aliphatic carbocycles. The quantitative estimate of drug-likeness (QED) is 0.551. The Balaban J connectivity index is 3.34. The number of allylic oxidation sites excluding steroid dienone is 1. The lowest BCUT2D eigenvalue weighted by atomic mass is 10.2. The van der Waals surface area contributed by atoms with Crippen molar-refractivity contribution in [3.8, 4) is 0 Å². The van der Waals surface area contributed by atoms with Gasteiger partial charge in [-0.2, -0.15) is 0 Å². The number of hydrogen-bond donors (Lipinski definition) is 0. The van der Waals surface area contributed by atoms with Crippen LogP contribution in [0.1, 0.15) is 16.1 Å². The molecule has 0 spiro atoms. The average Bonchev–Trinajstić information content (AvgIpc) is 2.23. The van der Waals surface area contributed by atoms with Crippen molar-refractivity contribution in [3.05, 3.63) is 46.4 Å². The van der Waals surface area contributed by atoms with E-state index in [1.54, 1.807) is 13.0 Å². The van der Waals surface area contributed by atoms with Crippen molar-refractivity contribution in [2.45, 2.75) is 13.5 Å². The molecule has 0 aliphatic heterocycles. The van der Waals surface area contributed by atoms with Crippen molar-refractivity contribution in [2.24, 2.45) is 0 Å². The van der Waals surface area contributed by atoms with Crippen LogP contribution in [0.2, 0.25) is 0 Å². The minimum Gasteiger partial charge on any atom is -0.465 e. The third-order valence-electron chi connectivity index (χ3n) is 2.17.